The third-order valence-electron chi connectivity index (χ3n) is 5.40. The number of rotatable bonds is 6. The normalized spacial score (nSPS) is 20.5. The van der Waals surface area contributed by atoms with E-state index in [0.29, 0.717) is 23.3 Å². The van der Waals surface area contributed by atoms with Crippen LogP contribution in [0.5, 0.6) is 0 Å². The quantitative estimate of drug-likeness (QED) is 0.741. The van der Waals surface area contributed by atoms with Crippen LogP contribution in [0.15, 0.2) is 48.5 Å². The highest BCUT2D eigenvalue weighted by atomic mass is 32.2. The number of nitrogens with zero attached hydrogens (tertiary/aromatic N) is 1. The Morgan fingerprint density at radius 1 is 1.20 bits per heavy atom. The van der Waals surface area contributed by atoms with Crippen molar-refractivity contribution in [3.05, 3.63) is 71.0 Å². The highest BCUT2D eigenvalue weighted by Crippen LogP contribution is 2.48. The summed E-state index contributed by atoms with van der Waals surface area (Å²) in [7, 11) is 0. The van der Waals surface area contributed by atoms with Gasteiger partial charge < -0.3 is 15.5 Å². The number of amides is 3. The van der Waals surface area contributed by atoms with Gasteiger partial charge in [-0.2, -0.15) is 0 Å². The molecular weight excluding hydrogens is 405 g/mol. The number of thioether (sulfide) groups is 1. The number of halogens is 1. The van der Waals surface area contributed by atoms with E-state index in [1.807, 2.05) is 18.2 Å². The molecule has 30 heavy (non-hydrogen) atoms. The van der Waals surface area contributed by atoms with Gasteiger partial charge in [-0.05, 0) is 36.6 Å². The Labute approximate surface area is 178 Å². The van der Waals surface area contributed by atoms with Gasteiger partial charge in [0.15, 0.2) is 0 Å². The van der Waals surface area contributed by atoms with Gasteiger partial charge in [0.25, 0.3) is 5.91 Å². The molecule has 0 aromatic heterocycles. The van der Waals surface area contributed by atoms with Crippen LogP contribution in [0, 0.1) is 5.82 Å². The molecule has 156 valence electrons. The Hall–Kier alpha value is -2.87. The summed E-state index contributed by atoms with van der Waals surface area (Å²) in [6.45, 7) is 1.86. The molecule has 8 heteroatoms. The first-order chi connectivity index (χ1) is 14.5. The standard InChI is InChI=1S/C22H22FN3O3S/c1-13(19(27)24-11-10-14-6-2-5-9-17(14)23)25-20(28)18-12-30-22-16-8-4-3-7-15(16)21(29)26(18)22/h2-9,13,18,22H,10-12H2,1H3,(H,24,27)(H,25,28)/t13-,18-,22-/m0/s1. The molecule has 2 aliphatic rings. The Morgan fingerprint density at radius 3 is 2.73 bits per heavy atom. The fraction of sp³-hybridized carbons (Fsp3) is 0.318. The maximum absolute atomic E-state index is 13.7. The van der Waals surface area contributed by atoms with Crippen molar-refractivity contribution in [3.63, 3.8) is 0 Å². The molecule has 1 fully saturated rings. The molecule has 2 aromatic rings. The minimum Gasteiger partial charge on any atom is -0.354 e. The van der Waals surface area contributed by atoms with Crippen molar-refractivity contribution in [2.75, 3.05) is 12.3 Å². The van der Waals surface area contributed by atoms with Crippen molar-refractivity contribution in [3.8, 4) is 0 Å². The third kappa shape index (κ3) is 3.79. The summed E-state index contributed by atoms with van der Waals surface area (Å²) in [5.41, 5.74) is 2.09. The SMILES string of the molecule is C[C@H](NC(=O)[C@@H]1CS[C@H]2c3ccccc3C(=O)N12)C(=O)NCCc1ccccc1F. The summed E-state index contributed by atoms with van der Waals surface area (Å²) >= 11 is 1.55. The van der Waals surface area contributed by atoms with Crippen LogP contribution in [0.3, 0.4) is 0 Å². The first-order valence-electron chi connectivity index (χ1n) is 9.82. The van der Waals surface area contributed by atoms with Crippen molar-refractivity contribution in [1.29, 1.82) is 0 Å². The first-order valence-corrected chi connectivity index (χ1v) is 10.9. The van der Waals surface area contributed by atoms with Crippen molar-refractivity contribution in [2.24, 2.45) is 0 Å². The Morgan fingerprint density at radius 2 is 1.93 bits per heavy atom. The van der Waals surface area contributed by atoms with Gasteiger partial charge in [-0.25, -0.2) is 4.39 Å². The lowest BCUT2D eigenvalue weighted by Crippen LogP contribution is -2.52. The number of carbonyl (C=O) groups is 3. The molecule has 0 aliphatic carbocycles. The lowest BCUT2D eigenvalue weighted by atomic mass is 10.1. The van der Waals surface area contributed by atoms with Crippen LogP contribution < -0.4 is 10.6 Å². The lowest BCUT2D eigenvalue weighted by molar-refractivity contribution is -0.130. The summed E-state index contributed by atoms with van der Waals surface area (Å²) in [4.78, 5) is 39.5. The molecule has 4 rings (SSSR count). The van der Waals surface area contributed by atoms with Gasteiger partial charge in [0, 0.05) is 17.9 Å². The summed E-state index contributed by atoms with van der Waals surface area (Å²) < 4.78 is 13.7. The van der Waals surface area contributed by atoms with Gasteiger partial charge in [0.05, 0.1) is 0 Å². The molecule has 2 aromatic carbocycles. The predicted octanol–water partition coefficient (Wildman–Crippen LogP) is 2.26. The summed E-state index contributed by atoms with van der Waals surface area (Å²) in [6.07, 6.45) is 0.362. The smallest absolute Gasteiger partial charge is 0.256 e. The monoisotopic (exact) mass is 427 g/mol. The Balaban J connectivity index is 1.31. The van der Waals surface area contributed by atoms with E-state index in [9.17, 15) is 18.8 Å². The van der Waals surface area contributed by atoms with Gasteiger partial charge in [-0.1, -0.05) is 36.4 Å². The number of carbonyl (C=O) groups excluding carboxylic acids is 3. The molecule has 0 unspecified atom stereocenters. The van der Waals surface area contributed by atoms with Crippen molar-refractivity contribution in [1.82, 2.24) is 15.5 Å². The van der Waals surface area contributed by atoms with Gasteiger partial charge >= 0.3 is 0 Å². The fourth-order valence-corrected chi connectivity index (χ4v) is 5.26. The molecule has 0 bridgehead atoms. The van der Waals surface area contributed by atoms with E-state index in [0.717, 1.165) is 5.56 Å². The highest BCUT2D eigenvalue weighted by molar-refractivity contribution is 7.99. The van der Waals surface area contributed by atoms with Crippen LogP contribution in [0.25, 0.3) is 0 Å². The summed E-state index contributed by atoms with van der Waals surface area (Å²) in [6, 6.07) is 12.4. The second kappa shape index (κ2) is 8.47. The van der Waals surface area contributed by atoms with Crippen LogP contribution in [-0.2, 0) is 16.0 Å². The number of hydrogen-bond donors (Lipinski definition) is 2. The number of fused-ring (bicyclic) bond motifs is 3. The van der Waals surface area contributed by atoms with E-state index in [-0.39, 0.29) is 35.5 Å². The van der Waals surface area contributed by atoms with Crippen molar-refractivity contribution < 1.29 is 18.8 Å². The Bertz CT molecular complexity index is 999. The van der Waals surface area contributed by atoms with Gasteiger partial charge in [-0.15, -0.1) is 11.8 Å². The predicted molar refractivity (Wildman–Crippen MR) is 112 cm³/mol. The average Bonchev–Trinajstić information content (AvgIpc) is 3.30. The molecule has 2 aliphatic heterocycles. The third-order valence-corrected chi connectivity index (χ3v) is 6.70. The number of benzene rings is 2. The largest absolute Gasteiger partial charge is 0.354 e. The molecule has 0 radical (unpaired) electrons. The lowest BCUT2D eigenvalue weighted by Gasteiger charge is -2.24. The fourth-order valence-electron chi connectivity index (χ4n) is 3.79. The minimum absolute atomic E-state index is 0.150. The zero-order valence-corrected chi connectivity index (χ0v) is 17.2. The molecule has 0 spiro atoms. The minimum atomic E-state index is -0.762. The van der Waals surface area contributed by atoms with Crippen LogP contribution in [-0.4, -0.2) is 47.0 Å². The van der Waals surface area contributed by atoms with Crippen molar-refractivity contribution in [2.45, 2.75) is 30.8 Å². The molecule has 6 nitrogen and oxygen atoms in total. The van der Waals surface area contributed by atoms with Gasteiger partial charge in [0.2, 0.25) is 11.8 Å². The van der Waals surface area contributed by atoms with E-state index in [1.165, 1.54) is 6.07 Å². The molecule has 2 N–H and O–H groups in total. The summed E-state index contributed by atoms with van der Waals surface area (Å²) in [5.74, 6) is -0.667. The molecule has 1 saturated heterocycles. The van der Waals surface area contributed by atoms with E-state index < -0.39 is 12.1 Å². The van der Waals surface area contributed by atoms with Crippen LogP contribution in [0.2, 0.25) is 0 Å². The van der Waals surface area contributed by atoms with Crippen LogP contribution >= 0.6 is 11.8 Å². The van der Waals surface area contributed by atoms with Gasteiger partial charge in [0.1, 0.15) is 23.3 Å². The maximum atomic E-state index is 13.7. The topological polar surface area (TPSA) is 78.5 Å². The molecule has 0 saturated carbocycles. The van der Waals surface area contributed by atoms with E-state index >= 15 is 0 Å². The molecule has 3 amide bonds. The number of hydrogen-bond acceptors (Lipinski definition) is 4. The van der Waals surface area contributed by atoms with E-state index in [2.05, 4.69) is 10.6 Å². The average molecular weight is 428 g/mol. The summed E-state index contributed by atoms with van der Waals surface area (Å²) in [5, 5.41) is 5.27. The van der Waals surface area contributed by atoms with Crippen molar-refractivity contribution >= 4 is 29.5 Å². The molecular formula is C22H22FN3O3S. The maximum Gasteiger partial charge on any atom is 0.256 e. The van der Waals surface area contributed by atoms with Crippen LogP contribution in [0.4, 0.5) is 4.39 Å². The van der Waals surface area contributed by atoms with E-state index in [4.69, 9.17) is 0 Å². The number of nitrogens with one attached hydrogen (secondary N) is 2. The molecule has 2 heterocycles. The zero-order chi connectivity index (χ0) is 21.3. The van der Waals surface area contributed by atoms with E-state index in [1.54, 1.807) is 47.9 Å². The Kier molecular flexibility index (Phi) is 5.76. The second-order valence-corrected chi connectivity index (χ2v) is 8.48. The second-order valence-electron chi connectivity index (χ2n) is 7.36. The highest BCUT2D eigenvalue weighted by Gasteiger charge is 2.48. The zero-order valence-electron chi connectivity index (χ0n) is 16.4. The first kappa shape index (κ1) is 20.4. The van der Waals surface area contributed by atoms with Gasteiger partial charge in [-0.3, -0.25) is 14.4 Å². The van der Waals surface area contributed by atoms with Crippen LogP contribution in [0.1, 0.15) is 33.8 Å². The molecule has 3 atom stereocenters.